The van der Waals surface area contributed by atoms with Crippen LogP contribution in [0.25, 0.3) is 0 Å². The molecule has 0 aromatic heterocycles. The van der Waals surface area contributed by atoms with E-state index in [1.807, 2.05) is 0 Å². The van der Waals surface area contributed by atoms with Crippen molar-refractivity contribution < 1.29 is 4.74 Å². The second kappa shape index (κ2) is 7.06. The fourth-order valence-electron chi connectivity index (χ4n) is 3.60. The van der Waals surface area contributed by atoms with Crippen LogP contribution >= 0.6 is 15.9 Å². The van der Waals surface area contributed by atoms with E-state index in [9.17, 15) is 0 Å². The molecule has 1 aliphatic rings. The number of methoxy groups -OCH3 is 1. The maximum atomic E-state index is 5.23. The quantitative estimate of drug-likeness (QED) is 0.689. The first kappa shape index (κ1) is 16.0. The van der Waals surface area contributed by atoms with Crippen LogP contribution in [0.1, 0.15) is 37.7 Å². The standard InChI is InChI=1S/C17H26BrNO/c1-19(2)16(6-4-13-20-3)17(11-5-12-17)14-7-9-15(18)10-8-14/h7-10,16H,4-6,11-13H2,1-3H3. The molecule has 0 aliphatic heterocycles. The number of rotatable bonds is 7. The minimum absolute atomic E-state index is 0.345. The van der Waals surface area contributed by atoms with Crippen molar-refractivity contribution in [3.63, 3.8) is 0 Å². The molecule has 1 unspecified atom stereocenters. The van der Waals surface area contributed by atoms with E-state index in [1.165, 1.54) is 31.2 Å². The molecule has 1 aliphatic carbocycles. The number of likely N-dealkylation sites (N-methyl/N-ethyl adjacent to an activating group) is 1. The fourth-order valence-corrected chi connectivity index (χ4v) is 3.87. The van der Waals surface area contributed by atoms with Gasteiger partial charge in [0.05, 0.1) is 0 Å². The van der Waals surface area contributed by atoms with Crippen molar-refractivity contribution in [2.75, 3.05) is 27.8 Å². The van der Waals surface area contributed by atoms with Crippen LogP contribution in [0.4, 0.5) is 0 Å². The third kappa shape index (κ3) is 3.26. The summed E-state index contributed by atoms with van der Waals surface area (Å²) in [4.78, 5) is 2.41. The van der Waals surface area contributed by atoms with Gasteiger partial charge in [-0.05, 0) is 57.5 Å². The normalized spacial score (nSPS) is 18.9. The summed E-state index contributed by atoms with van der Waals surface area (Å²) in [7, 11) is 6.23. The molecule has 0 spiro atoms. The Labute approximate surface area is 131 Å². The van der Waals surface area contributed by atoms with Crippen molar-refractivity contribution in [3.05, 3.63) is 34.3 Å². The maximum absolute atomic E-state index is 5.23. The van der Waals surface area contributed by atoms with E-state index >= 15 is 0 Å². The fraction of sp³-hybridized carbons (Fsp3) is 0.647. The molecule has 2 nitrogen and oxygen atoms in total. The summed E-state index contributed by atoms with van der Waals surface area (Å²) in [6.45, 7) is 0.862. The number of hydrogen-bond acceptors (Lipinski definition) is 2. The number of nitrogens with zero attached hydrogens (tertiary/aromatic N) is 1. The molecule has 0 bridgehead atoms. The van der Waals surface area contributed by atoms with Gasteiger partial charge in [-0.1, -0.05) is 34.5 Å². The molecule has 1 fully saturated rings. The summed E-state index contributed by atoms with van der Waals surface area (Å²) in [5, 5.41) is 0. The Bertz CT molecular complexity index is 412. The Morgan fingerprint density at radius 2 is 1.90 bits per heavy atom. The van der Waals surface area contributed by atoms with E-state index in [0.717, 1.165) is 17.5 Å². The summed E-state index contributed by atoms with van der Waals surface area (Å²) in [5.74, 6) is 0. The lowest BCUT2D eigenvalue weighted by Crippen LogP contribution is -2.52. The maximum Gasteiger partial charge on any atom is 0.0462 e. The second-order valence-corrected chi connectivity index (χ2v) is 7.05. The molecule has 112 valence electrons. The highest BCUT2D eigenvalue weighted by atomic mass is 79.9. The van der Waals surface area contributed by atoms with Crippen LogP contribution in [0.2, 0.25) is 0 Å². The zero-order valence-electron chi connectivity index (χ0n) is 12.9. The molecule has 0 saturated heterocycles. The average molecular weight is 340 g/mol. The smallest absolute Gasteiger partial charge is 0.0462 e. The van der Waals surface area contributed by atoms with Crippen molar-refractivity contribution in [3.8, 4) is 0 Å². The molecular weight excluding hydrogens is 314 g/mol. The largest absolute Gasteiger partial charge is 0.385 e. The highest BCUT2D eigenvalue weighted by Gasteiger charge is 2.45. The molecule has 2 rings (SSSR count). The SMILES string of the molecule is COCCCC(N(C)C)C1(c2ccc(Br)cc2)CCC1. The van der Waals surface area contributed by atoms with Gasteiger partial charge in [0.15, 0.2) is 0 Å². The van der Waals surface area contributed by atoms with Crippen molar-refractivity contribution >= 4 is 15.9 Å². The van der Waals surface area contributed by atoms with Crippen LogP contribution < -0.4 is 0 Å². The van der Waals surface area contributed by atoms with Crippen molar-refractivity contribution in [2.45, 2.75) is 43.6 Å². The number of ether oxygens (including phenoxy) is 1. The molecule has 1 saturated carbocycles. The minimum atomic E-state index is 0.345. The molecule has 0 heterocycles. The molecule has 3 heteroatoms. The first-order valence-electron chi connectivity index (χ1n) is 7.51. The molecule has 1 aromatic carbocycles. The summed E-state index contributed by atoms with van der Waals surface area (Å²) >= 11 is 3.54. The first-order valence-corrected chi connectivity index (χ1v) is 8.31. The van der Waals surface area contributed by atoms with E-state index in [2.05, 4.69) is 59.2 Å². The van der Waals surface area contributed by atoms with Crippen molar-refractivity contribution in [2.24, 2.45) is 0 Å². The second-order valence-electron chi connectivity index (χ2n) is 6.13. The van der Waals surface area contributed by atoms with Crippen molar-refractivity contribution in [1.29, 1.82) is 0 Å². The van der Waals surface area contributed by atoms with Gasteiger partial charge in [0.1, 0.15) is 0 Å². The Hall–Kier alpha value is -0.380. The van der Waals surface area contributed by atoms with Crippen LogP contribution in [-0.4, -0.2) is 38.8 Å². The molecule has 0 amide bonds. The molecule has 20 heavy (non-hydrogen) atoms. The lowest BCUT2D eigenvalue weighted by Gasteiger charge is -2.51. The first-order chi connectivity index (χ1) is 9.60. The minimum Gasteiger partial charge on any atom is -0.385 e. The zero-order valence-corrected chi connectivity index (χ0v) is 14.4. The van der Waals surface area contributed by atoms with Crippen LogP contribution in [0.3, 0.4) is 0 Å². The monoisotopic (exact) mass is 339 g/mol. The number of hydrogen-bond donors (Lipinski definition) is 0. The van der Waals surface area contributed by atoms with Crippen LogP contribution in [0.15, 0.2) is 28.7 Å². The summed E-state index contributed by atoms with van der Waals surface area (Å²) in [5.41, 5.74) is 1.85. The van der Waals surface area contributed by atoms with E-state index < -0.39 is 0 Å². The number of benzene rings is 1. The van der Waals surface area contributed by atoms with Gasteiger partial charge in [-0.25, -0.2) is 0 Å². The Morgan fingerprint density at radius 3 is 2.35 bits per heavy atom. The lowest BCUT2D eigenvalue weighted by atomic mass is 9.59. The average Bonchev–Trinajstić information content (AvgIpc) is 2.37. The summed E-state index contributed by atoms with van der Waals surface area (Å²) in [6.07, 6.45) is 6.31. The van der Waals surface area contributed by atoms with Gasteiger partial charge < -0.3 is 9.64 Å². The molecule has 0 radical (unpaired) electrons. The third-order valence-corrected chi connectivity index (χ3v) is 5.28. The topological polar surface area (TPSA) is 12.5 Å². The summed E-state index contributed by atoms with van der Waals surface area (Å²) < 4.78 is 6.40. The van der Waals surface area contributed by atoms with E-state index in [4.69, 9.17) is 4.74 Å². The highest BCUT2D eigenvalue weighted by Crippen LogP contribution is 2.49. The predicted octanol–water partition coefficient (Wildman–Crippen LogP) is 4.23. The molecule has 1 aromatic rings. The Balaban J connectivity index is 2.20. The highest BCUT2D eigenvalue weighted by molar-refractivity contribution is 9.10. The van der Waals surface area contributed by atoms with E-state index in [0.29, 0.717) is 11.5 Å². The lowest BCUT2D eigenvalue weighted by molar-refractivity contribution is 0.0803. The van der Waals surface area contributed by atoms with Gasteiger partial charge >= 0.3 is 0 Å². The van der Waals surface area contributed by atoms with Crippen LogP contribution in [0, 0.1) is 0 Å². The van der Waals surface area contributed by atoms with Gasteiger partial charge in [0.2, 0.25) is 0 Å². The number of halogens is 1. The van der Waals surface area contributed by atoms with Crippen LogP contribution in [0.5, 0.6) is 0 Å². The zero-order chi connectivity index (χ0) is 14.6. The third-order valence-electron chi connectivity index (χ3n) is 4.75. The summed E-state index contributed by atoms with van der Waals surface area (Å²) in [6, 6.07) is 9.56. The van der Waals surface area contributed by atoms with Gasteiger partial charge in [0, 0.05) is 29.6 Å². The van der Waals surface area contributed by atoms with Crippen LogP contribution in [-0.2, 0) is 10.2 Å². The molecule has 0 N–H and O–H groups in total. The Kier molecular flexibility index (Phi) is 5.65. The van der Waals surface area contributed by atoms with Crippen molar-refractivity contribution in [1.82, 2.24) is 4.90 Å². The molecule has 1 atom stereocenters. The van der Waals surface area contributed by atoms with E-state index in [-0.39, 0.29) is 0 Å². The van der Waals surface area contributed by atoms with Gasteiger partial charge in [-0.2, -0.15) is 0 Å². The van der Waals surface area contributed by atoms with E-state index in [1.54, 1.807) is 7.11 Å². The predicted molar refractivity (Wildman–Crippen MR) is 88.3 cm³/mol. The van der Waals surface area contributed by atoms with Gasteiger partial charge in [-0.15, -0.1) is 0 Å². The van der Waals surface area contributed by atoms with Gasteiger partial charge in [0.25, 0.3) is 0 Å². The Morgan fingerprint density at radius 1 is 1.25 bits per heavy atom. The van der Waals surface area contributed by atoms with Gasteiger partial charge in [-0.3, -0.25) is 0 Å². The molecular formula is C17H26BrNO.